The van der Waals surface area contributed by atoms with E-state index in [2.05, 4.69) is 10.3 Å². The maximum Gasteiger partial charge on any atom is 0.271 e. The van der Waals surface area contributed by atoms with Crippen LogP contribution in [0.4, 0.5) is 11.4 Å². The third-order valence-corrected chi connectivity index (χ3v) is 7.17. The zero-order chi connectivity index (χ0) is 27.5. The van der Waals surface area contributed by atoms with Gasteiger partial charge in [0.2, 0.25) is 0 Å². The summed E-state index contributed by atoms with van der Waals surface area (Å²) < 4.78 is 7.44. The number of nitro benzene ring substituents is 1. The van der Waals surface area contributed by atoms with Gasteiger partial charge in [0.1, 0.15) is 5.75 Å². The lowest BCUT2D eigenvalue weighted by atomic mass is 9.95. The number of nitro groups is 1. The molecule has 196 valence electrons. The molecule has 1 amide bonds. The minimum Gasteiger partial charge on any atom is -0.494 e. The molecule has 0 fully saturated rings. The number of nitrogens with zero attached hydrogens (tertiary/aromatic N) is 3. The van der Waals surface area contributed by atoms with Gasteiger partial charge in [0.05, 0.1) is 33.4 Å². The van der Waals surface area contributed by atoms with Gasteiger partial charge in [-0.2, -0.15) is 0 Å². The first-order valence-electron chi connectivity index (χ1n) is 12.2. The van der Waals surface area contributed by atoms with E-state index in [1.807, 2.05) is 37.3 Å². The first-order chi connectivity index (χ1) is 18.9. The Bertz CT molecular complexity index is 1770. The minimum atomic E-state index is -0.743. The largest absolute Gasteiger partial charge is 0.494 e. The minimum absolute atomic E-state index is 0.0699. The summed E-state index contributed by atoms with van der Waals surface area (Å²) in [5, 5.41) is 14.1. The van der Waals surface area contributed by atoms with Crippen molar-refractivity contribution in [2.45, 2.75) is 19.9 Å². The molecule has 9 nitrogen and oxygen atoms in total. The molecule has 2 heterocycles. The Morgan fingerprint density at radius 3 is 2.56 bits per heavy atom. The summed E-state index contributed by atoms with van der Waals surface area (Å²) in [5.41, 5.74) is 2.28. The average molecular weight is 541 g/mol. The second-order valence-electron chi connectivity index (χ2n) is 8.76. The number of nitrogens with one attached hydrogen (secondary N) is 1. The van der Waals surface area contributed by atoms with Crippen LogP contribution in [0.1, 0.15) is 31.0 Å². The quantitative estimate of drug-likeness (QED) is 0.279. The standard InChI is InChI=1S/C29H24N4O5S/c1-3-38-23-14-12-20(13-15-23)26-25(27(34)31-21-9-5-4-6-10-21)18(2)30-29-32(26)28(35)24(39-29)17-19-8-7-11-22(16-19)33(36)37/h4-17,26H,3H2,1-2H3,(H,31,34)/b24-17-/t26-/m1/s1. The van der Waals surface area contributed by atoms with Crippen LogP contribution in [0.3, 0.4) is 0 Å². The predicted octanol–water partition coefficient (Wildman–Crippen LogP) is 4.18. The molecule has 0 bridgehead atoms. The van der Waals surface area contributed by atoms with E-state index >= 15 is 0 Å². The van der Waals surface area contributed by atoms with Gasteiger partial charge in [0, 0.05) is 17.8 Å². The number of hydrogen-bond donors (Lipinski definition) is 1. The van der Waals surface area contributed by atoms with Crippen LogP contribution >= 0.6 is 11.3 Å². The number of carbonyl (C=O) groups is 1. The fourth-order valence-corrected chi connectivity index (χ4v) is 5.49. The van der Waals surface area contributed by atoms with E-state index in [4.69, 9.17) is 4.74 Å². The van der Waals surface area contributed by atoms with Gasteiger partial charge in [-0.05, 0) is 55.3 Å². The van der Waals surface area contributed by atoms with Gasteiger partial charge in [-0.1, -0.05) is 53.8 Å². The van der Waals surface area contributed by atoms with Crippen LogP contribution in [0.25, 0.3) is 6.08 Å². The molecule has 39 heavy (non-hydrogen) atoms. The van der Waals surface area contributed by atoms with Gasteiger partial charge in [0.15, 0.2) is 4.80 Å². The Kier molecular flexibility index (Phi) is 7.20. The number of carbonyl (C=O) groups excluding carboxylic acids is 1. The Balaban J connectivity index is 1.66. The third-order valence-electron chi connectivity index (χ3n) is 6.18. The van der Waals surface area contributed by atoms with Gasteiger partial charge in [-0.25, -0.2) is 4.99 Å². The Hall–Kier alpha value is -4.83. The van der Waals surface area contributed by atoms with Crippen LogP contribution < -0.4 is 24.9 Å². The molecular weight excluding hydrogens is 516 g/mol. The summed E-state index contributed by atoms with van der Waals surface area (Å²) in [6, 6.07) is 21.7. The molecule has 0 saturated heterocycles. The zero-order valence-electron chi connectivity index (χ0n) is 21.2. The number of anilines is 1. The number of benzene rings is 3. The molecular formula is C29H24N4O5S. The highest BCUT2D eigenvalue weighted by molar-refractivity contribution is 7.07. The maximum absolute atomic E-state index is 13.8. The number of aromatic nitrogens is 1. The fraction of sp³-hybridized carbons (Fsp3) is 0.138. The number of ether oxygens (including phenoxy) is 1. The summed E-state index contributed by atoms with van der Waals surface area (Å²) in [7, 11) is 0. The Labute approximate surface area is 227 Å². The summed E-state index contributed by atoms with van der Waals surface area (Å²) in [4.78, 5) is 43.2. The molecule has 1 aliphatic rings. The Morgan fingerprint density at radius 2 is 1.87 bits per heavy atom. The molecule has 1 N–H and O–H groups in total. The van der Waals surface area contributed by atoms with Crippen molar-refractivity contribution in [3.63, 3.8) is 0 Å². The highest BCUT2D eigenvalue weighted by Crippen LogP contribution is 2.31. The highest BCUT2D eigenvalue weighted by atomic mass is 32.1. The van der Waals surface area contributed by atoms with Crippen molar-refractivity contribution < 1.29 is 14.5 Å². The van der Waals surface area contributed by atoms with E-state index in [1.54, 1.807) is 49.4 Å². The van der Waals surface area contributed by atoms with Crippen LogP contribution in [0, 0.1) is 10.1 Å². The third kappa shape index (κ3) is 5.27. The summed E-state index contributed by atoms with van der Waals surface area (Å²) in [5.74, 6) is 0.310. The summed E-state index contributed by atoms with van der Waals surface area (Å²) in [6.45, 7) is 4.15. The molecule has 0 unspecified atom stereocenters. The number of amides is 1. The number of thiazole rings is 1. The molecule has 1 aliphatic heterocycles. The highest BCUT2D eigenvalue weighted by Gasteiger charge is 2.32. The lowest BCUT2D eigenvalue weighted by molar-refractivity contribution is -0.384. The zero-order valence-corrected chi connectivity index (χ0v) is 22.0. The van der Waals surface area contributed by atoms with E-state index in [-0.39, 0.29) is 17.2 Å². The summed E-state index contributed by atoms with van der Waals surface area (Å²) in [6.07, 6.45) is 1.61. The van der Waals surface area contributed by atoms with Crippen molar-refractivity contribution in [2.75, 3.05) is 11.9 Å². The van der Waals surface area contributed by atoms with Crippen LogP contribution in [0.5, 0.6) is 5.75 Å². The molecule has 10 heteroatoms. The average Bonchev–Trinajstić information content (AvgIpc) is 3.23. The van der Waals surface area contributed by atoms with Crippen LogP contribution in [0.15, 0.2) is 99.9 Å². The smallest absolute Gasteiger partial charge is 0.271 e. The molecule has 1 aromatic heterocycles. The maximum atomic E-state index is 13.8. The summed E-state index contributed by atoms with van der Waals surface area (Å²) >= 11 is 1.17. The van der Waals surface area contributed by atoms with Crippen molar-refractivity contribution in [2.24, 2.45) is 4.99 Å². The van der Waals surface area contributed by atoms with E-state index in [1.165, 1.54) is 28.0 Å². The van der Waals surface area contributed by atoms with Crippen LogP contribution in [-0.2, 0) is 4.79 Å². The lowest BCUT2D eigenvalue weighted by Gasteiger charge is -2.25. The van der Waals surface area contributed by atoms with Crippen LogP contribution in [-0.4, -0.2) is 22.0 Å². The predicted molar refractivity (Wildman–Crippen MR) is 150 cm³/mol. The van der Waals surface area contributed by atoms with Crippen molar-refractivity contribution >= 4 is 34.7 Å². The number of non-ortho nitro benzene ring substituents is 1. The topological polar surface area (TPSA) is 116 Å². The number of fused-ring (bicyclic) bond motifs is 1. The van der Waals surface area contributed by atoms with Gasteiger partial charge in [-0.15, -0.1) is 0 Å². The van der Waals surface area contributed by atoms with E-state index < -0.39 is 11.0 Å². The number of allylic oxidation sites excluding steroid dienone is 1. The second kappa shape index (κ2) is 10.9. The Morgan fingerprint density at radius 1 is 1.13 bits per heavy atom. The van der Waals surface area contributed by atoms with E-state index in [9.17, 15) is 19.7 Å². The fourth-order valence-electron chi connectivity index (χ4n) is 4.44. The van der Waals surface area contributed by atoms with Gasteiger partial charge < -0.3 is 10.1 Å². The van der Waals surface area contributed by atoms with Crippen LogP contribution in [0.2, 0.25) is 0 Å². The molecule has 0 radical (unpaired) electrons. The van der Waals surface area contributed by atoms with E-state index in [0.29, 0.717) is 49.8 Å². The van der Waals surface area contributed by atoms with Crippen molar-refractivity contribution in [3.8, 4) is 5.75 Å². The molecule has 3 aromatic carbocycles. The lowest BCUT2D eigenvalue weighted by Crippen LogP contribution is -2.40. The van der Waals surface area contributed by atoms with Gasteiger partial charge in [0.25, 0.3) is 17.2 Å². The van der Waals surface area contributed by atoms with Crippen molar-refractivity contribution in [1.82, 2.24) is 4.57 Å². The van der Waals surface area contributed by atoms with E-state index in [0.717, 1.165) is 0 Å². The van der Waals surface area contributed by atoms with Gasteiger partial charge >= 0.3 is 0 Å². The van der Waals surface area contributed by atoms with Gasteiger partial charge in [-0.3, -0.25) is 24.3 Å². The first kappa shape index (κ1) is 25.8. The molecule has 5 rings (SSSR count). The molecule has 1 atom stereocenters. The molecule has 4 aromatic rings. The normalized spacial score (nSPS) is 14.9. The molecule has 0 spiro atoms. The van der Waals surface area contributed by atoms with Crippen molar-refractivity contribution in [1.29, 1.82) is 0 Å². The number of para-hydroxylation sites is 1. The van der Waals surface area contributed by atoms with Crippen molar-refractivity contribution in [3.05, 3.63) is 131 Å². The number of rotatable bonds is 7. The second-order valence-corrected chi connectivity index (χ2v) is 9.77. The monoisotopic (exact) mass is 540 g/mol. The SMILES string of the molecule is CCOc1ccc([C@@H]2C(C(=O)Nc3ccccc3)=C(C)N=c3s/c(=C\c4cccc([N+](=O)[O-])c4)c(=O)n32)cc1. The molecule has 0 aliphatic carbocycles. The number of hydrogen-bond acceptors (Lipinski definition) is 7. The molecule has 0 saturated carbocycles. The first-order valence-corrected chi connectivity index (χ1v) is 13.0.